The largest absolute Gasteiger partial charge is 0.478 e. The number of nitrogens with one attached hydrogen (secondary N) is 1. The number of aryl methyl sites for hydroxylation is 1. The zero-order chi connectivity index (χ0) is 26.5. The van der Waals surface area contributed by atoms with E-state index in [2.05, 4.69) is 5.32 Å². The third-order valence-electron chi connectivity index (χ3n) is 6.19. The number of aliphatic hydroxyl groups excluding tert-OH is 1. The van der Waals surface area contributed by atoms with Crippen molar-refractivity contribution in [2.24, 2.45) is 0 Å². The Bertz CT molecular complexity index is 1210. The molecule has 0 radical (unpaired) electrons. The zero-order valence-electron chi connectivity index (χ0n) is 21.0. The third kappa shape index (κ3) is 7.14. The summed E-state index contributed by atoms with van der Waals surface area (Å²) >= 11 is 5.89. The highest BCUT2D eigenvalue weighted by Gasteiger charge is 2.22. The lowest BCUT2D eigenvalue weighted by molar-refractivity contribution is -0.00398. The van der Waals surface area contributed by atoms with Crippen molar-refractivity contribution in [3.63, 3.8) is 0 Å². The van der Waals surface area contributed by atoms with Gasteiger partial charge in [-0.05, 0) is 74.1 Å². The van der Waals surface area contributed by atoms with Gasteiger partial charge >= 0.3 is 5.97 Å². The minimum atomic E-state index is -0.951. The summed E-state index contributed by atoms with van der Waals surface area (Å²) in [5.74, 6) is -1.37. The second kappa shape index (κ2) is 12.0. The molecule has 3 aromatic rings. The van der Waals surface area contributed by atoms with Crippen LogP contribution in [0.2, 0.25) is 5.02 Å². The van der Waals surface area contributed by atoms with Gasteiger partial charge in [0.05, 0.1) is 29.4 Å². The summed E-state index contributed by atoms with van der Waals surface area (Å²) in [5, 5.41) is 23.2. The molecule has 0 heterocycles. The smallest absolute Gasteiger partial charge is 0.335 e. The summed E-state index contributed by atoms with van der Waals surface area (Å²) in [4.78, 5) is 11.4. The van der Waals surface area contributed by atoms with Gasteiger partial charge in [0, 0.05) is 12.1 Å². The minimum absolute atomic E-state index is 0.0963. The molecule has 0 aliphatic rings. The number of aromatic carboxylic acids is 1. The maximum Gasteiger partial charge on any atom is 0.335 e. The molecule has 7 heteroatoms. The van der Waals surface area contributed by atoms with Gasteiger partial charge in [-0.15, -0.1) is 0 Å². The fraction of sp³-hybridized carbons (Fsp3) is 0.345. The van der Waals surface area contributed by atoms with Crippen LogP contribution in [0.15, 0.2) is 60.7 Å². The molecule has 36 heavy (non-hydrogen) atoms. The van der Waals surface area contributed by atoms with E-state index in [9.17, 15) is 19.4 Å². The summed E-state index contributed by atoms with van der Waals surface area (Å²) in [6, 6.07) is 18.0. The van der Waals surface area contributed by atoms with E-state index in [-0.39, 0.29) is 29.8 Å². The van der Waals surface area contributed by atoms with Crippen LogP contribution in [-0.2, 0) is 11.2 Å². The molecule has 5 nitrogen and oxygen atoms in total. The van der Waals surface area contributed by atoms with Gasteiger partial charge in [-0.3, -0.25) is 0 Å². The fourth-order valence-corrected chi connectivity index (χ4v) is 4.40. The number of rotatable bonds is 11. The van der Waals surface area contributed by atoms with Crippen molar-refractivity contribution in [3.8, 4) is 11.1 Å². The predicted octanol–water partition coefficient (Wildman–Crippen LogP) is 6.20. The van der Waals surface area contributed by atoms with E-state index in [1.807, 2.05) is 51.1 Å². The van der Waals surface area contributed by atoms with Gasteiger partial charge in [0.15, 0.2) is 0 Å². The van der Waals surface area contributed by atoms with Crippen molar-refractivity contribution in [2.45, 2.75) is 51.9 Å². The van der Waals surface area contributed by atoms with Crippen molar-refractivity contribution < 1.29 is 24.1 Å². The van der Waals surface area contributed by atoms with Crippen LogP contribution in [0.25, 0.3) is 11.1 Å². The van der Waals surface area contributed by atoms with E-state index in [0.29, 0.717) is 17.5 Å². The maximum atomic E-state index is 14.3. The summed E-state index contributed by atoms with van der Waals surface area (Å²) < 4.78 is 20.3. The number of hydrogen-bond acceptors (Lipinski definition) is 4. The Morgan fingerprint density at radius 2 is 1.86 bits per heavy atom. The Morgan fingerprint density at radius 1 is 1.14 bits per heavy atom. The number of carboxylic acid groups (broad SMARTS) is 1. The van der Waals surface area contributed by atoms with Crippen LogP contribution in [0, 0.1) is 12.7 Å². The molecule has 1 unspecified atom stereocenters. The molecule has 0 saturated carbocycles. The van der Waals surface area contributed by atoms with Gasteiger partial charge in [-0.25, -0.2) is 9.18 Å². The quantitative estimate of drug-likeness (QED) is 0.284. The Hall–Kier alpha value is -2.77. The van der Waals surface area contributed by atoms with E-state index in [0.717, 1.165) is 16.7 Å². The lowest BCUT2D eigenvalue weighted by Gasteiger charge is -2.28. The van der Waals surface area contributed by atoms with Gasteiger partial charge in [0.25, 0.3) is 0 Å². The molecule has 192 valence electrons. The van der Waals surface area contributed by atoms with E-state index < -0.39 is 23.4 Å². The first-order chi connectivity index (χ1) is 17.0. The highest BCUT2D eigenvalue weighted by atomic mass is 35.5. The standard InChI is InChI=1S/C29H33ClFNO4/c1-18-14-20(12-13-23(18)28(34)35)25-10-6-5-9-24(25)19(2)36-17-22(33)16-32-29(3,4)15-21-8-7-11-26(30)27(21)31/h5-14,19,22,32-33H,15-17H2,1-4H3,(H,34,35)/t19?,22-/m1/s1. The molecule has 0 fully saturated rings. The second-order valence-corrected chi connectivity index (χ2v) is 10.1. The van der Waals surface area contributed by atoms with E-state index in [1.165, 1.54) is 6.07 Å². The van der Waals surface area contributed by atoms with Gasteiger partial charge in [-0.1, -0.05) is 60.1 Å². The summed E-state index contributed by atoms with van der Waals surface area (Å²) in [6.07, 6.45) is -0.652. The van der Waals surface area contributed by atoms with Crippen LogP contribution in [0.1, 0.15) is 53.9 Å². The molecular formula is C29H33ClFNO4. The van der Waals surface area contributed by atoms with Crippen molar-refractivity contribution in [2.75, 3.05) is 13.2 Å². The first kappa shape index (κ1) is 27.8. The molecule has 0 bridgehead atoms. The normalized spacial score (nSPS) is 13.4. The Kier molecular flexibility index (Phi) is 9.25. The molecule has 0 aromatic heterocycles. The molecule has 3 N–H and O–H groups in total. The molecule has 2 atom stereocenters. The Balaban J connectivity index is 1.60. The summed E-state index contributed by atoms with van der Waals surface area (Å²) in [5.41, 5.74) is 3.80. The van der Waals surface area contributed by atoms with Crippen LogP contribution in [0.3, 0.4) is 0 Å². The van der Waals surface area contributed by atoms with Crippen LogP contribution in [0.5, 0.6) is 0 Å². The maximum absolute atomic E-state index is 14.3. The summed E-state index contributed by atoms with van der Waals surface area (Å²) in [7, 11) is 0. The Labute approximate surface area is 216 Å². The number of carbonyl (C=O) groups is 1. The number of carboxylic acids is 1. The van der Waals surface area contributed by atoms with Crippen LogP contribution < -0.4 is 5.32 Å². The Morgan fingerprint density at radius 3 is 2.56 bits per heavy atom. The second-order valence-electron chi connectivity index (χ2n) is 9.71. The van der Waals surface area contributed by atoms with E-state index in [1.54, 1.807) is 31.2 Å². The number of aliphatic hydroxyl groups is 1. The molecule has 0 spiro atoms. The lowest BCUT2D eigenvalue weighted by Crippen LogP contribution is -2.46. The van der Waals surface area contributed by atoms with Gasteiger partial charge in [0.1, 0.15) is 5.82 Å². The number of hydrogen-bond donors (Lipinski definition) is 3. The summed E-state index contributed by atoms with van der Waals surface area (Å²) in [6.45, 7) is 7.97. The van der Waals surface area contributed by atoms with E-state index in [4.69, 9.17) is 16.3 Å². The van der Waals surface area contributed by atoms with Crippen LogP contribution in [-0.4, -0.2) is 41.0 Å². The number of β-amino-alcohol motifs (C(OH)–C–C–N with tert-alkyl or cyclic N) is 1. The highest BCUT2D eigenvalue weighted by molar-refractivity contribution is 6.30. The highest BCUT2D eigenvalue weighted by Crippen LogP contribution is 2.31. The fourth-order valence-electron chi connectivity index (χ4n) is 4.21. The molecule has 0 aliphatic heterocycles. The van der Waals surface area contributed by atoms with Crippen molar-refractivity contribution >= 4 is 17.6 Å². The molecule has 3 aromatic carbocycles. The van der Waals surface area contributed by atoms with Crippen molar-refractivity contribution in [1.29, 1.82) is 0 Å². The third-order valence-corrected chi connectivity index (χ3v) is 6.48. The first-order valence-corrected chi connectivity index (χ1v) is 12.3. The van der Waals surface area contributed by atoms with Crippen molar-refractivity contribution in [1.82, 2.24) is 5.32 Å². The molecule has 0 saturated heterocycles. The average Bonchev–Trinajstić information content (AvgIpc) is 2.83. The van der Waals surface area contributed by atoms with Crippen LogP contribution >= 0.6 is 11.6 Å². The molecule has 0 amide bonds. The predicted molar refractivity (Wildman–Crippen MR) is 141 cm³/mol. The number of benzene rings is 3. The molecule has 0 aliphatic carbocycles. The van der Waals surface area contributed by atoms with Gasteiger partial charge < -0.3 is 20.3 Å². The minimum Gasteiger partial charge on any atom is -0.478 e. The van der Waals surface area contributed by atoms with E-state index >= 15 is 0 Å². The molecular weight excluding hydrogens is 481 g/mol. The molecule has 3 rings (SSSR count). The number of ether oxygens (including phenoxy) is 1. The van der Waals surface area contributed by atoms with Crippen molar-refractivity contribution in [3.05, 3.63) is 93.8 Å². The van der Waals surface area contributed by atoms with Gasteiger partial charge in [-0.2, -0.15) is 0 Å². The first-order valence-electron chi connectivity index (χ1n) is 11.9. The average molecular weight is 514 g/mol. The number of halogens is 2. The van der Waals surface area contributed by atoms with Gasteiger partial charge in [0.2, 0.25) is 0 Å². The van der Waals surface area contributed by atoms with Crippen LogP contribution in [0.4, 0.5) is 4.39 Å². The zero-order valence-corrected chi connectivity index (χ0v) is 21.8. The topological polar surface area (TPSA) is 78.8 Å². The lowest BCUT2D eigenvalue weighted by atomic mass is 9.94. The SMILES string of the molecule is Cc1cc(-c2ccccc2C(C)OC[C@H](O)CNC(C)(C)Cc2cccc(Cl)c2F)ccc1C(=O)O. The monoisotopic (exact) mass is 513 g/mol.